The van der Waals surface area contributed by atoms with Gasteiger partial charge in [0.1, 0.15) is 5.60 Å². The van der Waals surface area contributed by atoms with Crippen LogP contribution >= 0.6 is 11.3 Å². The highest BCUT2D eigenvalue weighted by atomic mass is 32.1. The lowest BCUT2D eigenvalue weighted by Crippen LogP contribution is -2.39. The van der Waals surface area contributed by atoms with E-state index in [1.54, 1.807) is 16.2 Å². The van der Waals surface area contributed by atoms with E-state index < -0.39 is 5.60 Å². The maximum atomic E-state index is 12.1. The van der Waals surface area contributed by atoms with Crippen molar-refractivity contribution in [3.8, 4) is 0 Å². The number of hydrogen-bond acceptors (Lipinski definition) is 4. The van der Waals surface area contributed by atoms with Crippen molar-refractivity contribution in [3.05, 3.63) is 15.6 Å². The van der Waals surface area contributed by atoms with Gasteiger partial charge in [-0.2, -0.15) is 0 Å². The number of ether oxygens (including phenoxy) is 1. The minimum absolute atomic E-state index is 0.209. The molecule has 1 fully saturated rings. The molecule has 0 N–H and O–H groups in total. The normalized spacial score (nSPS) is 19.2. The molecule has 1 aromatic heterocycles. The van der Waals surface area contributed by atoms with Gasteiger partial charge in [0.25, 0.3) is 0 Å². The third-order valence-electron chi connectivity index (χ3n) is 3.33. The fourth-order valence-electron chi connectivity index (χ4n) is 2.20. The van der Waals surface area contributed by atoms with E-state index in [1.165, 1.54) is 28.4 Å². The summed E-state index contributed by atoms with van der Waals surface area (Å²) in [6, 6.07) is 0. The number of nitrogens with zero attached hydrogens (tertiary/aromatic N) is 2. The maximum Gasteiger partial charge on any atom is 0.410 e. The zero-order chi connectivity index (χ0) is 13.6. The molecule has 1 saturated carbocycles. The number of carbonyl (C=O) groups is 1. The molecule has 0 unspecified atom stereocenters. The van der Waals surface area contributed by atoms with Crippen molar-refractivity contribution in [2.45, 2.75) is 58.1 Å². The van der Waals surface area contributed by atoms with Crippen molar-refractivity contribution >= 4 is 17.4 Å². The molecule has 104 valence electrons. The van der Waals surface area contributed by atoms with Crippen molar-refractivity contribution in [1.82, 2.24) is 9.88 Å². The second-order valence-electron chi connectivity index (χ2n) is 6.35. The number of thiazole rings is 1. The Morgan fingerprint density at radius 2 is 2.16 bits per heavy atom. The SMILES string of the molecule is CC(C)(C)OC(=O)N1CCc2nc(C3CC3)sc2C1. The minimum atomic E-state index is -0.426. The number of hydrogen-bond donors (Lipinski definition) is 0. The highest BCUT2D eigenvalue weighted by molar-refractivity contribution is 7.11. The van der Waals surface area contributed by atoms with E-state index in [0.717, 1.165) is 13.0 Å². The molecule has 4 nitrogen and oxygen atoms in total. The standard InChI is InChI=1S/C14H20N2O2S/c1-14(2,3)18-13(17)16-7-6-10-11(8-16)19-12(15-10)9-4-5-9/h9H,4-8H2,1-3H3. The highest BCUT2D eigenvalue weighted by Crippen LogP contribution is 2.43. The van der Waals surface area contributed by atoms with Gasteiger partial charge in [-0.3, -0.25) is 0 Å². The van der Waals surface area contributed by atoms with Crippen LogP contribution in [0.5, 0.6) is 0 Å². The van der Waals surface area contributed by atoms with Gasteiger partial charge in [0.2, 0.25) is 0 Å². The molecule has 0 radical (unpaired) electrons. The van der Waals surface area contributed by atoms with Gasteiger partial charge in [-0.15, -0.1) is 11.3 Å². The zero-order valence-corrected chi connectivity index (χ0v) is 12.5. The number of fused-ring (bicyclic) bond motifs is 1. The molecular weight excluding hydrogens is 260 g/mol. The van der Waals surface area contributed by atoms with Crippen molar-refractivity contribution in [1.29, 1.82) is 0 Å². The van der Waals surface area contributed by atoms with Gasteiger partial charge in [0.05, 0.1) is 17.2 Å². The van der Waals surface area contributed by atoms with E-state index in [0.29, 0.717) is 12.5 Å². The fraction of sp³-hybridized carbons (Fsp3) is 0.714. The summed E-state index contributed by atoms with van der Waals surface area (Å²) in [6.45, 7) is 7.08. The number of amides is 1. The van der Waals surface area contributed by atoms with E-state index in [4.69, 9.17) is 9.72 Å². The van der Waals surface area contributed by atoms with Crippen molar-refractivity contribution in [2.75, 3.05) is 6.54 Å². The predicted octanol–water partition coefficient (Wildman–Crippen LogP) is 3.31. The Morgan fingerprint density at radius 1 is 1.42 bits per heavy atom. The van der Waals surface area contributed by atoms with Crippen molar-refractivity contribution < 1.29 is 9.53 Å². The molecule has 5 heteroatoms. The number of aromatic nitrogens is 1. The van der Waals surface area contributed by atoms with Crippen LogP contribution in [0.2, 0.25) is 0 Å². The second-order valence-corrected chi connectivity index (χ2v) is 7.46. The van der Waals surface area contributed by atoms with E-state index in [1.807, 2.05) is 20.8 Å². The van der Waals surface area contributed by atoms with Crippen LogP contribution in [0.25, 0.3) is 0 Å². The van der Waals surface area contributed by atoms with Crippen molar-refractivity contribution in [3.63, 3.8) is 0 Å². The van der Waals surface area contributed by atoms with Gasteiger partial charge < -0.3 is 9.64 Å². The number of carbonyl (C=O) groups excluding carboxylic acids is 1. The Balaban J connectivity index is 1.69. The highest BCUT2D eigenvalue weighted by Gasteiger charge is 2.32. The molecule has 1 aromatic rings. The van der Waals surface area contributed by atoms with Crippen LogP contribution in [0.4, 0.5) is 4.79 Å². The summed E-state index contributed by atoms with van der Waals surface area (Å²) < 4.78 is 5.43. The third-order valence-corrected chi connectivity index (χ3v) is 4.57. The first-order valence-electron chi connectivity index (χ1n) is 6.89. The van der Waals surface area contributed by atoms with Gasteiger partial charge in [-0.05, 0) is 33.6 Å². The third kappa shape index (κ3) is 2.91. The first kappa shape index (κ1) is 12.9. The molecule has 0 bridgehead atoms. The van der Waals surface area contributed by atoms with Gasteiger partial charge in [-0.1, -0.05) is 0 Å². The summed E-state index contributed by atoms with van der Waals surface area (Å²) in [4.78, 5) is 19.8. The smallest absolute Gasteiger partial charge is 0.410 e. The molecule has 1 aliphatic carbocycles. The van der Waals surface area contributed by atoms with E-state index >= 15 is 0 Å². The molecule has 0 saturated heterocycles. The van der Waals surface area contributed by atoms with E-state index in [-0.39, 0.29) is 6.09 Å². The van der Waals surface area contributed by atoms with Crippen LogP contribution in [-0.4, -0.2) is 28.1 Å². The molecule has 2 aliphatic rings. The largest absolute Gasteiger partial charge is 0.444 e. The summed E-state index contributed by atoms with van der Waals surface area (Å²) >= 11 is 1.78. The molecule has 0 atom stereocenters. The number of rotatable bonds is 1. The average molecular weight is 280 g/mol. The zero-order valence-electron chi connectivity index (χ0n) is 11.7. The molecule has 3 rings (SSSR count). The van der Waals surface area contributed by atoms with Crippen LogP contribution in [-0.2, 0) is 17.7 Å². The van der Waals surface area contributed by atoms with E-state index in [9.17, 15) is 4.79 Å². The Bertz CT molecular complexity index is 500. The molecule has 0 spiro atoms. The lowest BCUT2D eigenvalue weighted by molar-refractivity contribution is 0.0225. The van der Waals surface area contributed by atoms with Crippen molar-refractivity contribution in [2.24, 2.45) is 0 Å². The monoisotopic (exact) mass is 280 g/mol. The lowest BCUT2D eigenvalue weighted by Gasteiger charge is -2.29. The van der Waals surface area contributed by atoms with Crippen LogP contribution in [0.1, 0.15) is 55.1 Å². The summed E-state index contributed by atoms with van der Waals surface area (Å²) in [5.74, 6) is 0.700. The predicted molar refractivity (Wildman–Crippen MR) is 74.4 cm³/mol. The van der Waals surface area contributed by atoms with Crippen LogP contribution in [0.15, 0.2) is 0 Å². The van der Waals surface area contributed by atoms with Crippen LogP contribution in [0.3, 0.4) is 0 Å². The van der Waals surface area contributed by atoms with Gasteiger partial charge >= 0.3 is 6.09 Å². The van der Waals surface area contributed by atoms with Crippen LogP contribution in [0, 0.1) is 0 Å². The Hall–Kier alpha value is -1.10. The fourth-order valence-corrected chi connectivity index (χ4v) is 3.50. The van der Waals surface area contributed by atoms with Gasteiger partial charge in [-0.25, -0.2) is 9.78 Å². The molecular formula is C14H20N2O2S. The lowest BCUT2D eigenvalue weighted by atomic mass is 10.2. The minimum Gasteiger partial charge on any atom is -0.444 e. The molecule has 1 amide bonds. The molecule has 1 aliphatic heterocycles. The van der Waals surface area contributed by atoms with E-state index in [2.05, 4.69) is 0 Å². The topological polar surface area (TPSA) is 42.4 Å². The molecule has 0 aromatic carbocycles. The first-order chi connectivity index (χ1) is 8.92. The second kappa shape index (κ2) is 4.47. The summed E-state index contributed by atoms with van der Waals surface area (Å²) in [7, 11) is 0. The average Bonchev–Trinajstić information content (AvgIpc) is 3.06. The van der Waals surface area contributed by atoms with Gasteiger partial charge in [0.15, 0.2) is 0 Å². The molecule has 19 heavy (non-hydrogen) atoms. The molecule has 2 heterocycles. The Morgan fingerprint density at radius 3 is 2.79 bits per heavy atom. The summed E-state index contributed by atoms with van der Waals surface area (Å²) in [6.07, 6.45) is 3.21. The summed E-state index contributed by atoms with van der Waals surface area (Å²) in [5.41, 5.74) is 0.774. The maximum absolute atomic E-state index is 12.1. The first-order valence-corrected chi connectivity index (χ1v) is 7.70. The summed E-state index contributed by atoms with van der Waals surface area (Å²) in [5, 5.41) is 1.27. The Kier molecular flexibility index (Phi) is 3.04. The van der Waals surface area contributed by atoms with Crippen LogP contribution < -0.4 is 0 Å². The van der Waals surface area contributed by atoms with Gasteiger partial charge in [0, 0.05) is 23.8 Å². The quantitative estimate of drug-likeness (QED) is 0.792. The Labute approximate surface area is 117 Å².